The van der Waals surface area contributed by atoms with Gasteiger partial charge >= 0.3 is 6.03 Å². The fraction of sp³-hybridized carbons (Fsp3) is 0.875. The summed E-state index contributed by atoms with van der Waals surface area (Å²) in [6.45, 7) is 2.93. The van der Waals surface area contributed by atoms with Crippen molar-refractivity contribution in [2.75, 3.05) is 20.6 Å². The molecule has 1 atom stereocenters. The van der Waals surface area contributed by atoms with Crippen molar-refractivity contribution in [3.8, 4) is 0 Å². The molecular weight excluding hydrogens is 151 g/mol. The number of nitrogens with zero attached hydrogens (tertiary/aromatic N) is 2. The molecule has 12 heavy (non-hydrogen) atoms. The van der Waals surface area contributed by atoms with Crippen molar-refractivity contribution in [3.63, 3.8) is 0 Å². The summed E-state index contributed by atoms with van der Waals surface area (Å²) in [5.41, 5.74) is 0. The van der Waals surface area contributed by atoms with Gasteiger partial charge in [-0.25, -0.2) is 4.79 Å². The largest absolute Gasteiger partial charge is 0.331 e. The maximum atomic E-state index is 11.5. The highest BCUT2D eigenvalue weighted by molar-refractivity contribution is 6.36. The summed E-state index contributed by atoms with van der Waals surface area (Å²) in [5.74, 6) is 0.361. The maximum absolute atomic E-state index is 11.5. The smallest absolute Gasteiger partial charge is 0.319 e. The Labute approximate surface area is 75.0 Å². The fourth-order valence-corrected chi connectivity index (χ4v) is 1.63. The summed E-state index contributed by atoms with van der Waals surface area (Å²) in [4.78, 5) is 15.1. The SMILES string of the molecule is C[B][C@@H]1CCCN1C(=O)N(C)C. The van der Waals surface area contributed by atoms with Gasteiger partial charge in [0.15, 0.2) is 0 Å². The Morgan fingerprint density at radius 3 is 2.75 bits per heavy atom. The Balaban J connectivity index is 2.55. The number of hydrogen-bond donors (Lipinski definition) is 0. The molecule has 4 heteroatoms. The predicted molar refractivity (Wildman–Crippen MR) is 50.4 cm³/mol. The summed E-state index contributed by atoms with van der Waals surface area (Å²) in [5, 5.41) is 0. The Bertz CT molecular complexity index is 172. The molecule has 67 valence electrons. The minimum absolute atomic E-state index is 0.135. The van der Waals surface area contributed by atoms with Crippen molar-refractivity contribution >= 4 is 13.3 Å². The molecule has 0 aliphatic carbocycles. The molecule has 1 aliphatic heterocycles. The molecule has 2 amide bonds. The van der Waals surface area contributed by atoms with E-state index in [9.17, 15) is 4.79 Å². The highest BCUT2D eigenvalue weighted by atomic mass is 16.2. The number of carbonyl (C=O) groups excluding carboxylic acids is 1. The second-order valence-electron chi connectivity index (χ2n) is 3.41. The van der Waals surface area contributed by atoms with Gasteiger partial charge in [-0.2, -0.15) is 0 Å². The first kappa shape index (κ1) is 9.42. The van der Waals surface area contributed by atoms with Gasteiger partial charge in [-0.3, -0.25) is 0 Å². The van der Waals surface area contributed by atoms with Gasteiger partial charge in [-0.1, -0.05) is 6.82 Å². The maximum Gasteiger partial charge on any atom is 0.319 e. The normalized spacial score (nSPS) is 22.6. The van der Waals surface area contributed by atoms with Crippen molar-refractivity contribution in [1.29, 1.82) is 0 Å². The van der Waals surface area contributed by atoms with Crippen LogP contribution < -0.4 is 0 Å². The molecule has 0 saturated carbocycles. The zero-order chi connectivity index (χ0) is 9.14. The van der Waals surface area contributed by atoms with Crippen LogP contribution in [0.1, 0.15) is 12.8 Å². The predicted octanol–water partition coefficient (Wildman–Crippen LogP) is 0.842. The van der Waals surface area contributed by atoms with Crippen LogP contribution in [0.4, 0.5) is 4.79 Å². The van der Waals surface area contributed by atoms with Crippen LogP contribution >= 0.6 is 0 Å². The van der Waals surface area contributed by atoms with Crippen molar-refractivity contribution in [1.82, 2.24) is 9.80 Å². The van der Waals surface area contributed by atoms with E-state index in [4.69, 9.17) is 0 Å². The van der Waals surface area contributed by atoms with Crippen molar-refractivity contribution in [2.45, 2.75) is 25.6 Å². The van der Waals surface area contributed by atoms with Crippen molar-refractivity contribution < 1.29 is 4.79 Å². The van der Waals surface area contributed by atoms with Gasteiger partial charge in [-0.05, 0) is 12.8 Å². The lowest BCUT2D eigenvalue weighted by atomic mass is 9.71. The molecule has 0 aromatic rings. The summed E-state index contributed by atoms with van der Waals surface area (Å²) in [6, 6.07) is 0.135. The van der Waals surface area contributed by atoms with E-state index >= 15 is 0 Å². The molecule has 0 bridgehead atoms. The van der Waals surface area contributed by atoms with E-state index < -0.39 is 0 Å². The molecular formula is C8H16BN2O. The number of rotatable bonds is 1. The minimum atomic E-state index is 0.135. The average molecular weight is 167 g/mol. The van der Waals surface area contributed by atoms with Crippen LogP contribution in [0, 0.1) is 0 Å². The van der Waals surface area contributed by atoms with Crippen molar-refractivity contribution in [2.24, 2.45) is 0 Å². The van der Waals surface area contributed by atoms with Gasteiger partial charge in [-0.15, -0.1) is 0 Å². The molecule has 1 heterocycles. The van der Waals surface area contributed by atoms with Gasteiger partial charge in [0, 0.05) is 26.6 Å². The van der Waals surface area contributed by atoms with Crippen LogP contribution in [0.5, 0.6) is 0 Å². The second kappa shape index (κ2) is 3.83. The summed E-state index contributed by atoms with van der Waals surface area (Å²) in [6.07, 6.45) is 2.25. The molecule has 3 nitrogen and oxygen atoms in total. The molecule has 1 fully saturated rings. The zero-order valence-electron chi connectivity index (χ0n) is 8.08. The molecule has 1 saturated heterocycles. The monoisotopic (exact) mass is 167 g/mol. The van der Waals surface area contributed by atoms with E-state index in [0.717, 1.165) is 19.4 Å². The lowest BCUT2D eigenvalue weighted by Crippen LogP contribution is -2.43. The standard InChI is InChI=1S/C8H16BN2O/c1-9-7-5-4-6-11(7)8(12)10(2)3/h7H,4-6H2,1-3H3/t7-/m0/s1. The molecule has 0 aromatic carbocycles. The number of hydrogen-bond acceptors (Lipinski definition) is 1. The molecule has 0 aromatic heterocycles. The minimum Gasteiger partial charge on any atom is -0.331 e. The van der Waals surface area contributed by atoms with Crippen LogP contribution in [-0.2, 0) is 0 Å². The Morgan fingerprint density at radius 1 is 1.58 bits per heavy atom. The van der Waals surface area contributed by atoms with Gasteiger partial charge in [0.25, 0.3) is 0 Å². The first-order valence-electron chi connectivity index (χ1n) is 4.44. The average Bonchev–Trinajstić information content (AvgIpc) is 2.49. The van der Waals surface area contributed by atoms with Crippen LogP contribution in [0.15, 0.2) is 0 Å². The molecule has 1 radical (unpaired) electrons. The zero-order valence-corrected chi connectivity index (χ0v) is 8.08. The van der Waals surface area contributed by atoms with Crippen LogP contribution in [0.2, 0.25) is 6.82 Å². The van der Waals surface area contributed by atoms with Gasteiger partial charge < -0.3 is 9.80 Å². The lowest BCUT2D eigenvalue weighted by Gasteiger charge is -2.26. The molecule has 0 N–H and O–H groups in total. The molecule has 1 aliphatic rings. The lowest BCUT2D eigenvalue weighted by molar-refractivity contribution is 0.177. The first-order valence-corrected chi connectivity index (χ1v) is 4.44. The topological polar surface area (TPSA) is 23.6 Å². The first-order chi connectivity index (χ1) is 5.66. The second-order valence-corrected chi connectivity index (χ2v) is 3.41. The highest BCUT2D eigenvalue weighted by Gasteiger charge is 2.27. The third-order valence-electron chi connectivity index (χ3n) is 2.31. The van der Waals surface area contributed by atoms with E-state index in [-0.39, 0.29) is 6.03 Å². The fourth-order valence-electron chi connectivity index (χ4n) is 1.63. The third-order valence-corrected chi connectivity index (χ3v) is 2.31. The van der Waals surface area contributed by atoms with Gasteiger partial charge in [0.2, 0.25) is 0 Å². The van der Waals surface area contributed by atoms with Crippen molar-refractivity contribution in [3.05, 3.63) is 0 Å². The molecule has 0 spiro atoms. The highest BCUT2D eigenvalue weighted by Crippen LogP contribution is 2.17. The van der Waals surface area contributed by atoms with Crippen LogP contribution in [0.3, 0.4) is 0 Å². The quantitative estimate of drug-likeness (QED) is 0.531. The third kappa shape index (κ3) is 1.73. The van der Waals surface area contributed by atoms with E-state index in [1.165, 1.54) is 0 Å². The van der Waals surface area contributed by atoms with Gasteiger partial charge in [0.05, 0.1) is 0 Å². The summed E-state index contributed by atoms with van der Waals surface area (Å²) >= 11 is 0. The molecule has 0 unspecified atom stereocenters. The van der Waals surface area contributed by atoms with Gasteiger partial charge in [0.1, 0.15) is 7.28 Å². The number of carbonyl (C=O) groups is 1. The van der Waals surface area contributed by atoms with Crippen LogP contribution in [-0.4, -0.2) is 49.7 Å². The Kier molecular flexibility index (Phi) is 3.01. The Morgan fingerprint density at radius 2 is 2.25 bits per heavy atom. The molecule has 1 rings (SSSR count). The summed E-state index contributed by atoms with van der Waals surface area (Å²) < 4.78 is 0. The number of urea groups is 1. The van der Waals surface area contributed by atoms with E-state index in [0.29, 0.717) is 5.94 Å². The van der Waals surface area contributed by atoms with E-state index in [1.807, 2.05) is 11.7 Å². The van der Waals surface area contributed by atoms with E-state index in [1.54, 1.807) is 19.0 Å². The Hall–Kier alpha value is -0.665. The summed E-state index contributed by atoms with van der Waals surface area (Å²) in [7, 11) is 5.70. The number of likely N-dealkylation sites (tertiary alicyclic amines) is 1. The van der Waals surface area contributed by atoms with E-state index in [2.05, 4.69) is 7.28 Å². The van der Waals surface area contributed by atoms with Crippen LogP contribution in [0.25, 0.3) is 0 Å². The number of amides is 2.